The van der Waals surface area contributed by atoms with Gasteiger partial charge in [-0.1, -0.05) is 46.9 Å². The van der Waals surface area contributed by atoms with Gasteiger partial charge in [-0.3, -0.25) is 0 Å². The van der Waals surface area contributed by atoms with Crippen LogP contribution in [0.3, 0.4) is 0 Å². The molecule has 170 valence electrons. The summed E-state index contributed by atoms with van der Waals surface area (Å²) < 4.78 is 20.1. The van der Waals surface area contributed by atoms with E-state index in [1.54, 1.807) is 11.0 Å². The van der Waals surface area contributed by atoms with Gasteiger partial charge in [0.2, 0.25) is 0 Å². The summed E-state index contributed by atoms with van der Waals surface area (Å²) in [5.41, 5.74) is 1.26. The van der Waals surface area contributed by atoms with E-state index in [0.29, 0.717) is 16.7 Å². The molecule has 6 nitrogen and oxygen atoms in total. The maximum absolute atomic E-state index is 6.73. The third kappa shape index (κ3) is 5.94. The molecule has 0 N–H and O–H groups in total. The highest BCUT2D eigenvalue weighted by molar-refractivity contribution is 6.30. The van der Waals surface area contributed by atoms with Crippen molar-refractivity contribution in [3.8, 4) is 5.75 Å². The number of aromatic nitrogens is 3. The minimum atomic E-state index is -0.601. The van der Waals surface area contributed by atoms with Gasteiger partial charge >= 0.3 is 0 Å². The number of hydrogen-bond donors (Lipinski definition) is 0. The average Bonchev–Trinajstić information content (AvgIpc) is 3.33. The van der Waals surface area contributed by atoms with Crippen molar-refractivity contribution in [2.45, 2.75) is 50.2 Å². The first-order chi connectivity index (χ1) is 15.5. The SMILES string of the molecule is Cc1cc(Cl)ccc1OCC1CCCC(OC(c2ccc(Cl)cc2)C(Cl)n2cncn2)O1. The summed E-state index contributed by atoms with van der Waals surface area (Å²) in [6, 6.07) is 13.0. The molecule has 0 radical (unpaired) electrons. The van der Waals surface area contributed by atoms with Crippen molar-refractivity contribution in [1.29, 1.82) is 0 Å². The monoisotopic (exact) mass is 495 g/mol. The standard InChI is InChI=1S/C23H24Cl3N3O3/c1-15-11-18(25)9-10-20(15)30-12-19-3-2-4-21(31-19)32-22(16-5-7-17(24)8-6-16)23(26)29-14-27-13-28-29/h5-11,13-14,19,21-23H,2-4,12H2,1H3. The molecule has 1 saturated heterocycles. The van der Waals surface area contributed by atoms with Gasteiger partial charge in [-0.2, -0.15) is 5.10 Å². The van der Waals surface area contributed by atoms with E-state index in [-0.39, 0.29) is 6.10 Å². The van der Waals surface area contributed by atoms with Gasteiger partial charge in [-0.25, -0.2) is 9.67 Å². The zero-order valence-corrected chi connectivity index (χ0v) is 19.8. The Hall–Kier alpha value is -1.83. The molecule has 32 heavy (non-hydrogen) atoms. The van der Waals surface area contributed by atoms with Gasteiger partial charge in [-0.15, -0.1) is 0 Å². The molecule has 4 rings (SSSR count). The number of ether oxygens (including phenoxy) is 3. The Morgan fingerprint density at radius 3 is 2.62 bits per heavy atom. The van der Waals surface area contributed by atoms with Crippen LogP contribution in [0.4, 0.5) is 0 Å². The van der Waals surface area contributed by atoms with Gasteiger partial charge in [-0.05, 0) is 67.6 Å². The minimum absolute atomic E-state index is 0.0881. The van der Waals surface area contributed by atoms with E-state index < -0.39 is 17.9 Å². The summed E-state index contributed by atoms with van der Waals surface area (Å²) in [6.45, 7) is 2.40. The van der Waals surface area contributed by atoms with E-state index in [1.807, 2.05) is 49.4 Å². The molecule has 9 heteroatoms. The minimum Gasteiger partial charge on any atom is -0.491 e. The van der Waals surface area contributed by atoms with Crippen LogP contribution < -0.4 is 4.74 Å². The highest BCUT2D eigenvalue weighted by Crippen LogP contribution is 2.36. The van der Waals surface area contributed by atoms with Crippen LogP contribution in [0.25, 0.3) is 0 Å². The van der Waals surface area contributed by atoms with Crippen molar-refractivity contribution in [3.63, 3.8) is 0 Å². The molecule has 0 spiro atoms. The summed E-state index contributed by atoms with van der Waals surface area (Å²) in [4.78, 5) is 3.99. The van der Waals surface area contributed by atoms with E-state index in [4.69, 9.17) is 49.0 Å². The van der Waals surface area contributed by atoms with E-state index in [0.717, 1.165) is 36.1 Å². The lowest BCUT2D eigenvalue weighted by Crippen LogP contribution is -2.35. The van der Waals surface area contributed by atoms with Crippen LogP contribution in [0.5, 0.6) is 5.75 Å². The second kappa shape index (κ2) is 10.9. The maximum Gasteiger partial charge on any atom is 0.159 e. The summed E-state index contributed by atoms with van der Waals surface area (Å²) in [5.74, 6) is 0.798. The lowest BCUT2D eigenvalue weighted by Gasteiger charge is -2.34. The highest BCUT2D eigenvalue weighted by Gasteiger charge is 2.31. The topological polar surface area (TPSA) is 58.4 Å². The Morgan fingerprint density at radius 2 is 1.91 bits per heavy atom. The molecule has 4 unspecified atom stereocenters. The van der Waals surface area contributed by atoms with Gasteiger partial charge in [0, 0.05) is 10.0 Å². The third-order valence-corrected chi connectivity index (χ3v) is 6.22. The Labute approximate surface area is 202 Å². The van der Waals surface area contributed by atoms with Crippen LogP contribution in [0.1, 0.15) is 42.0 Å². The molecule has 3 aromatic rings. The van der Waals surface area contributed by atoms with Gasteiger partial charge in [0.15, 0.2) is 11.8 Å². The molecule has 2 heterocycles. The van der Waals surface area contributed by atoms with Crippen LogP contribution in [0.2, 0.25) is 10.0 Å². The number of hydrogen-bond acceptors (Lipinski definition) is 5. The molecule has 1 aliphatic heterocycles. The Kier molecular flexibility index (Phi) is 7.92. The van der Waals surface area contributed by atoms with Gasteiger partial charge in [0.05, 0.1) is 6.10 Å². The van der Waals surface area contributed by atoms with Crippen molar-refractivity contribution in [1.82, 2.24) is 14.8 Å². The van der Waals surface area contributed by atoms with Gasteiger partial charge in [0.1, 0.15) is 31.1 Å². The molecule has 1 aliphatic rings. The fourth-order valence-electron chi connectivity index (χ4n) is 3.64. The molecule has 1 fully saturated rings. The second-order valence-electron chi connectivity index (χ2n) is 7.70. The predicted octanol–water partition coefficient (Wildman–Crippen LogP) is 6.36. The number of aryl methyl sites for hydroxylation is 1. The smallest absolute Gasteiger partial charge is 0.159 e. The van der Waals surface area contributed by atoms with Gasteiger partial charge in [0.25, 0.3) is 0 Å². The van der Waals surface area contributed by atoms with Crippen LogP contribution >= 0.6 is 34.8 Å². The fourth-order valence-corrected chi connectivity index (χ4v) is 4.30. The Balaban J connectivity index is 1.42. The maximum atomic E-state index is 6.73. The average molecular weight is 497 g/mol. The van der Waals surface area contributed by atoms with E-state index in [1.165, 1.54) is 6.33 Å². The van der Waals surface area contributed by atoms with Crippen molar-refractivity contribution < 1.29 is 14.2 Å². The lowest BCUT2D eigenvalue weighted by molar-refractivity contribution is -0.224. The largest absolute Gasteiger partial charge is 0.491 e. The van der Waals surface area contributed by atoms with Crippen LogP contribution in [0, 0.1) is 6.92 Å². The first kappa shape index (κ1) is 23.3. The number of benzene rings is 2. The number of rotatable bonds is 8. The summed E-state index contributed by atoms with van der Waals surface area (Å²) >= 11 is 18.8. The predicted molar refractivity (Wildman–Crippen MR) is 124 cm³/mol. The molecule has 2 aromatic carbocycles. The zero-order valence-electron chi connectivity index (χ0n) is 17.5. The Morgan fingerprint density at radius 1 is 1.12 bits per heavy atom. The lowest BCUT2D eigenvalue weighted by atomic mass is 10.1. The molecule has 0 saturated carbocycles. The van der Waals surface area contributed by atoms with Crippen LogP contribution in [-0.2, 0) is 9.47 Å². The number of halogens is 3. The Bertz CT molecular complexity index is 1000. The molecule has 1 aromatic heterocycles. The fraction of sp³-hybridized carbons (Fsp3) is 0.391. The first-order valence-electron chi connectivity index (χ1n) is 10.4. The van der Waals surface area contributed by atoms with E-state index >= 15 is 0 Å². The van der Waals surface area contributed by atoms with E-state index in [9.17, 15) is 0 Å². The number of nitrogens with zero attached hydrogens (tertiary/aromatic N) is 3. The third-order valence-electron chi connectivity index (χ3n) is 5.31. The summed E-state index contributed by atoms with van der Waals surface area (Å²) in [5, 5.41) is 5.49. The van der Waals surface area contributed by atoms with Crippen LogP contribution in [0.15, 0.2) is 55.1 Å². The summed E-state index contributed by atoms with van der Waals surface area (Å²) in [7, 11) is 0. The quantitative estimate of drug-likeness (QED) is 0.339. The van der Waals surface area contributed by atoms with E-state index in [2.05, 4.69) is 10.1 Å². The normalized spacial score (nSPS) is 20.6. The second-order valence-corrected chi connectivity index (χ2v) is 9.02. The highest BCUT2D eigenvalue weighted by atomic mass is 35.5. The van der Waals surface area contributed by atoms with Gasteiger partial charge < -0.3 is 14.2 Å². The molecular formula is C23H24Cl3N3O3. The zero-order chi connectivity index (χ0) is 22.5. The molecule has 4 atom stereocenters. The summed E-state index contributed by atoms with van der Waals surface area (Å²) in [6.07, 6.45) is 4.62. The van der Waals surface area contributed by atoms with Crippen molar-refractivity contribution in [3.05, 3.63) is 76.3 Å². The van der Waals surface area contributed by atoms with Crippen molar-refractivity contribution in [2.75, 3.05) is 6.61 Å². The molecular weight excluding hydrogens is 473 g/mol. The molecule has 0 bridgehead atoms. The number of alkyl halides is 1. The molecule has 0 amide bonds. The molecule has 0 aliphatic carbocycles. The van der Waals surface area contributed by atoms with Crippen molar-refractivity contribution >= 4 is 34.8 Å². The van der Waals surface area contributed by atoms with Crippen LogP contribution in [-0.4, -0.2) is 33.8 Å². The first-order valence-corrected chi connectivity index (χ1v) is 11.6. The van der Waals surface area contributed by atoms with Crippen molar-refractivity contribution in [2.24, 2.45) is 0 Å².